The Morgan fingerprint density at radius 3 is 2.34 bits per heavy atom. The number of amides is 2. The van der Waals surface area contributed by atoms with Crippen LogP contribution in [0.5, 0.6) is 0 Å². The zero-order chi connectivity index (χ0) is 24.9. The van der Waals surface area contributed by atoms with Crippen molar-refractivity contribution in [2.24, 2.45) is 7.05 Å². The predicted octanol–water partition coefficient (Wildman–Crippen LogP) is 3.72. The van der Waals surface area contributed by atoms with Crippen LogP contribution in [0.15, 0.2) is 54.6 Å². The summed E-state index contributed by atoms with van der Waals surface area (Å²) in [6, 6.07) is 16.5. The van der Waals surface area contributed by atoms with Gasteiger partial charge in [0.25, 0.3) is 5.91 Å². The third-order valence-electron chi connectivity index (χ3n) is 5.90. The van der Waals surface area contributed by atoms with Gasteiger partial charge in [0.1, 0.15) is 18.3 Å². The van der Waals surface area contributed by atoms with Crippen molar-refractivity contribution in [1.82, 2.24) is 15.1 Å². The summed E-state index contributed by atoms with van der Waals surface area (Å²) in [5.41, 5.74) is 4.60. The molecule has 1 atom stereocenters. The SMILES string of the molecule is CSCC[C@H](NC(=O)c1cc(NC(=O)OCC2c3ccccc3-c3ccccc32)nn1C)C(=O)O. The molecule has 0 unspecified atom stereocenters. The first-order chi connectivity index (χ1) is 16.9. The second-order valence-electron chi connectivity index (χ2n) is 8.13. The van der Waals surface area contributed by atoms with Gasteiger partial charge in [-0.25, -0.2) is 9.59 Å². The van der Waals surface area contributed by atoms with E-state index in [1.54, 1.807) is 0 Å². The number of benzene rings is 2. The number of fused-ring (bicyclic) bond motifs is 3. The molecule has 9 nitrogen and oxygen atoms in total. The van der Waals surface area contributed by atoms with Crippen molar-refractivity contribution >= 4 is 35.5 Å². The van der Waals surface area contributed by atoms with Crippen molar-refractivity contribution < 1.29 is 24.2 Å². The van der Waals surface area contributed by atoms with Crippen LogP contribution < -0.4 is 10.6 Å². The summed E-state index contributed by atoms with van der Waals surface area (Å²) < 4.78 is 6.79. The average Bonchev–Trinajstić information content (AvgIpc) is 3.37. The van der Waals surface area contributed by atoms with Gasteiger partial charge >= 0.3 is 12.1 Å². The quantitative estimate of drug-likeness (QED) is 0.414. The first-order valence-electron chi connectivity index (χ1n) is 11.1. The van der Waals surface area contributed by atoms with E-state index in [4.69, 9.17) is 4.74 Å². The molecule has 0 radical (unpaired) electrons. The van der Waals surface area contributed by atoms with Gasteiger partial charge in [0.05, 0.1) is 0 Å². The predicted molar refractivity (Wildman–Crippen MR) is 134 cm³/mol. The normalized spacial score (nSPS) is 13.0. The van der Waals surface area contributed by atoms with Crippen LogP contribution in [0.4, 0.5) is 10.6 Å². The summed E-state index contributed by atoms with van der Waals surface area (Å²) in [7, 11) is 1.54. The van der Waals surface area contributed by atoms with Gasteiger partial charge in [-0.15, -0.1) is 0 Å². The van der Waals surface area contributed by atoms with E-state index in [9.17, 15) is 19.5 Å². The molecule has 0 spiro atoms. The molecular formula is C25H26N4O5S. The minimum absolute atomic E-state index is 0.0764. The Hall–Kier alpha value is -3.79. The van der Waals surface area contributed by atoms with Gasteiger partial charge in [-0.1, -0.05) is 48.5 Å². The lowest BCUT2D eigenvalue weighted by Crippen LogP contribution is -2.41. The Kier molecular flexibility index (Phi) is 7.40. The summed E-state index contributed by atoms with van der Waals surface area (Å²) in [4.78, 5) is 36.5. The molecule has 35 heavy (non-hydrogen) atoms. The maximum absolute atomic E-state index is 12.6. The molecule has 0 fully saturated rings. The van der Waals surface area contributed by atoms with Gasteiger partial charge in [0.15, 0.2) is 5.82 Å². The number of carbonyl (C=O) groups is 3. The number of nitrogens with one attached hydrogen (secondary N) is 2. The Balaban J connectivity index is 1.39. The van der Waals surface area contributed by atoms with Crippen LogP contribution in [0.1, 0.15) is 34.0 Å². The summed E-state index contributed by atoms with van der Waals surface area (Å²) >= 11 is 1.50. The first kappa shape index (κ1) is 24.3. The first-order valence-corrected chi connectivity index (χ1v) is 12.5. The van der Waals surface area contributed by atoms with Crippen molar-refractivity contribution in [3.8, 4) is 11.1 Å². The number of rotatable bonds is 9. The smallest absolute Gasteiger partial charge is 0.412 e. The zero-order valence-electron chi connectivity index (χ0n) is 19.4. The maximum Gasteiger partial charge on any atom is 0.412 e. The molecule has 0 aliphatic heterocycles. The highest BCUT2D eigenvalue weighted by molar-refractivity contribution is 7.98. The van der Waals surface area contributed by atoms with Crippen molar-refractivity contribution in [2.75, 3.05) is 23.9 Å². The minimum atomic E-state index is -1.11. The number of aryl methyl sites for hydroxylation is 1. The average molecular weight is 495 g/mol. The number of hydrogen-bond donors (Lipinski definition) is 3. The standard InChI is InChI=1S/C25H26N4O5S/c1-29-21(23(30)26-20(24(31)32)11-12-35-2)13-22(28-29)27-25(33)34-14-19-17-9-5-3-7-15(17)16-8-4-6-10-18(16)19/h3-10,13,19-20H,11-12,14H2,1-2H3,(H,26,30)(H,31,32)(H,27,28,33)/t20-/m0/s1. The lowest BCUT2D eigenvalue weighted by Gasteiger charge is -2.14. The third kappa shape index (κ3) is 5.32. The van der Waals surface area contributed by atoms with Gasteiger partial charge in [-0.3, -0.25) is 14.8 Å². The van der Waals surface area contributed by atoms with Crippen LogP contribution in [0.25, 0.3) is 11.1 Å². The van der Waals surface area contributed by atoms with E-state index >= 15 is 0 Å². The fourth-order valence-electron chi connectivity index (χ4n) is 4.21. The van der Waals surface area contributed by atoms with Crippen LogP contribution in [0.3, 0.4) is 0 Å². The molecule has 1 aliphatic carbocycles. The van der Waals surface area contributed by atoms with E-state index in [2.05, 4.69) is 27.9 Å². The van der Waals surface area contributed by atoms with E-state index < -0.39 is 24.0 Å². The van der Waals surface area contributed by atoms with Crippen molar-refractivity contribution in [3.05, 3.63) is 71.4 Å². The number of aromatic nitrogens is 2. The Labute approximate surface area is 206 Å². The number of carbonyl (C=O) groups excluding carboxylic acids is 2. The molecule has 3 N–H and O–H groups in total. The van der Waals surface area contributed by atoms with Gasteiger partial charge in [-0.05, 0) is 40.7 Å². The molecule has 2 amide bonds. The van der Waals surface area contributed by atoms with Gasteiger partial charge in [0, 0.05) is 19.0 Å². The fraction of sp³-hybridized carbons (Fsp3) is 0.280. The number of hydrogen-bond acceptors (Lipinski definition) is 6. The maximum atomic E-state index is 12.6. The fourth-order valence-corrected chi connectivity index (χ4v) is 4.68. The molecule has 0 saturated carbocycles. The molecule has 3 aromatic rings. The van der Waals surface area contributed by atoms with E-state index in [0.717, 1.165) is 22.3 Å². The highest BCUT2D eigenvalue weighted by atomic mass is 32.2. The number of carboxylic acids is 1. The molecule has 0 bridgehead atoms. The van der Waals surface area contributed by atoms with Crippen LogP contribution in [0, 0.1) is 0 Å². The number of ether oxygens (including phenoxy) is 1. The molecular weight excluding hydrogens is 468 g/mol. The van der Waals surface area contributed by atoms with E-state index in [-0.39, 0.29) is 24.0 Å². The van der Waals surface area contributed by atoms with Gasteiger partial charge < -0.3 is 15.2 Å². The zero-order valence-corrected chi connectivity index (χ0v) is 20.2. The summed E-state index contributed by atoms with van der Waals surface area (Å²) in [6.07, 6.45) is 1.47. The molecule has 1 aromatic heterocycles. The largest absolute Gasteiger partial charge is 0.480 e. The second kappa shape index (κ2) is 10.6. The number of carboxylic acid groups (broad SMARTS) is 1. The number of anilines is 1. The molecule has 2 aromatic carbocycles. The highest BCUT2D eigenvalue weighted by Gasteiger charge is 2.29. The minimum Gasteiger partial charge on any atom is -0.480 e. The lowest BCUT2D eigenvalue weighted by atomic mass is 9.98. The van der Waals surface area contributed by atoms with Gasteiger partial charge in [0.2, 0.25) is 0 Å². The summed E-state index contributed by atoms with van der Waals surface area (Å²) in [5, 5.41) is 18.5. The van der Waals surface area contributed by atoms with Crippen LogP contribution in [-0.4, -0.2) is 57.5 Å². The second-order valence-corrected chi connectivity index (χ2v) is 9.12. The lowest BCUT2D eigenvalue weighted by molar-refractivity contribution is -0.139. The topological polar surface area (TPSA) is 123 Å². The van der Waals surface area contributed by atoms with Crippen LogP contribution in [0.2, 0.25) is 0 Å². The van der Waals surface area contributed by atoms with Crippen LogP contribution in [-0.2, 0) is 16.6 Å². The summed E-state index contributed by atoms with van der Waals surface area (Å²) in [5.74, 6) is -1.05. The van der Waals surface area contributed by atoms with E-state index in [1.807, 2.05) is 42.7 Å². The van der Waals surface area contributed by atoms with Gasteiger partial charge in [-0.2, -0.15) is 16.9 Å². The number of nitrogens with zero attached hydrogens (tertiary/aromatic N) is 2. The highest BCUT2D eigenvalue weighted by Crippen LogP contribution is 2.44. The Bertz CT molecular complexity index is 1210. The summed E-state index contributed by atoms with van der Waals surface area (Å²) in [6.45, 7) is 0.149. The molecule has 0 saturated heterocycles. The monoisotopic (exact) mass is 494 g/mol. The third-order valence-corrected chi connectivity index (χ3v) is 6.54. The molecule has 4 rings (SSSR count). The van der Waals surface area contributed by atoms with Crippen molar-refractivity contribution in [2.45, 2.75) is 18.4 Å². The van der Waals surface area contributed by atoms with E-state index in [1.165, 1.54) is 29.6 Å². The molecule has 182 valence electrons. The Morgan fingerprint density at radius 2 is 1.74 bits per heavy atom. The van der Waals surface area contributed by atoms with Crippen LogP contribution >= 0.6 is 11.8 Å². The van der Waals surface area contributed by atoms with E-state index in [0.29, 0.717) is 12.2 Å². The Morgan fingerprint density at radius 1 is 1.11 bits per heavy atom. The molecule has 1 aliphatic rings. The van der Waals surface area contributed by atoms with Crippen molar-refractivity contribution in [1.29, 1.82) is 0 Å². The van der Waals surface area contributed by atoms with Crippen molar-refractivity contribution in [3.63, 3.8) is 0 Å². The molecule has 10 heteroatoms. The molecule has 1 heterocycles. The number of thioether (sulfide) groups is 1. The number of aliphatic carboxylic acids is 1.